The molecule has 0 saturated carbocycles. The highest BCUT2D eigenvalue weighted by molar-refractivity contribution is 5.42. The quantitative estimate of drug-likeness (QED) is 0.866. The van der Waals surface area contributed by atoms with Gasteiger partial charge < -0.3 is 10.1 Å². The molecule has 0 amide bonds. The van der Waals surface area contributed by atoms with Gasteiger partial charge in [-0.15, -0.1) is 0 Å². The van der Waals surface area contributed by atoms with Crippen molar-refractivity contribution in [2.45, 2.75) is 19.8 Å². The lowest BCUT2D eigenvalue weighted by atomic mass is 9.82. The van der Waals surface area contributed by atoms with Gasteiger partial charge in [0.05, 0.1) is 11.9 Å². The van der Waals surface area contributed by atoms with Gasteiger partial charge in [-0.05, 0) is 30.4 Å². The Morgan fingerprint density at radius 3 is 2.82 bits per heavy atom. The van der Waals surface area contributed by atoms with Crippen LogP contribution in [0.15, 0.2) is 18.3 Å². The van der Waals surface area contributed by atoms with Gasteiger partial charge >= 0.3 is 0 Å². The molecule has 0 unspecified atom stereocenters. The van der Waals surface area contributed by atoms with Crippen LogP contribution in [0.1, 0.15) is 25.5 Å². The molecule has 1 fully saturated rings. The Morgan fingerprint density at radius 1 is 1.47 bits per heavy atom. The van der Waals surface area contributed by atoms with Crippen LogP contribution in [-0.2, 0) is 4.74 Å². The number of nitriles is 1. The Bertz CT molecular complexity index is 402. The first-order chi connectivity index (χ1) is 8.22. The van der Waals surface area contributed by atoms with Gasteiger partial charge in [-0.1, -0.05) is 6.92 Å². The molecule has 17 heavy (non-hydrogen) atoms. The third-order valence-electron chi connectivity index (χ3n) is 3.30. The second kappa shape index (κ2) is 5.15. The average molecular weight is 231 g/mol. The molecular formula is C13H17N3O. The van der Waals surface area contributed by atoms with Gasteiger partial charge in [0.15, 0.2) is 0 Å². The smallest absolute Gasteiger partial charge is 0.140 e. The van der Waals surface area contributed by atoms with Crippen molar-refractivity contribution in [2.24, 2.45) is 5.41 Å². The van der Waals surface area contributed by atoms with E-state index in [1.165, 1.54) is 0 Å². The van der Waals surface area contributed by atoms with Gasteiger partial charge in [-0.2, -0.15) is 5.26 Å². The maximum absolute atomic E-state index is 8.66. The molecule has 0 atom stereocenters. The third-order valence-corrected chi connectivity index (χ3v) is 3.30. The monoisotopic (exact) mass is 231 g/mol. The van der Waals surface area contributed by atoms with Crippen LogP contribution in [0, 0.1) is 16.7 Å². The van der Waals surface area contributed by atoms with Crippen LogP contribution in [0.25, 0.3) is 0 Å². The Labute approximate surface area is 102 Å². The summed E-state index contributed by atoms with van der Waals surface area (Å²) in [6.45, 7) is 4.90. The van der Waals surface area contributed by atoms with Crippen molar-refractivity contribution in [3.8, 4) is 6.07 Å². The Morgan fingerprint density at radius 2 is 2.24 bits per heavy atom. The van der Waals surface area contributed by atoms with E-state index >= 15 is 0 Å². The van der Waals surface area contributed by atoms with Gasteiger partial charge in [0.2, 0.25) is 0 Å². The fourth-order valence-electron chi connectivity index (χ4n) is 1.92. The van der Waals surface area contributed by atoms with E-state index in [1.54, 1.807) is 12.3 Å². The first kappa shape index (κ1) is 11.9. The zero-order chi connectivity index (χ0) is 12.1. The van der Waals surface area contributed by atoms with E-state index in [-0.39, 0.29) is 0 Å². The Hall–Kier alpha value is -1.60. The van der Waals surface area contributed by atoms with Crippen LogP contribution in [-0.4, -0.2) is 24.7 Å². The molecule has 1 aliphatic rings. The molecule has 90 valence electrons. The molecule has 1 N–H and O–H groups in total. The second-order valence-electron chi connectivity index (χ2n) is 4.82. The number of aromatic nitrogens is 1. The van der Waals surface area contributed by atoms with Gasteiger partial charge in [-0.3, -0.25) is 0 Å². The van der Waals surface area contributed by atoms with Crippen molar-refractivity contribution in [1.82, 2.24) is 4.98 Å². The Kier molecular flexibility index (Phi) is 3.60. The van der Waals surface area contributed by atoms with Gasteiger partial charge in [0.1, 0.15) is 11.8 Å². The SMILES string of the molecule is CC1(CNc2ccc(C#N)nc2)CCOCC1. The normalized spacial score (nSPS) is 18.4. The maximum Gasteiger partial charge on any atom is 0.140 e. The lowest BCUT2D eigenvalue weighted by Crippen LogP contribution is -2.33. The average Bonchev–Trinajstić information content (AvgIpc) is 2.38. The third kappa shape index (κ3) is 3.18. The lowest BCUT2D eigenvalue weighted by molar-refractivity contribution is 0.0300. The minimum absolute atomic E-state index is 0.298. The highest BCUT2D eigenvalue weighted by atomic mass is 16.5. The van der Waals surface area contributed by atoms with Gasteiger partial charge in [-0.25, -0.2) is 4.98 Å². The summed E-state index contributed by atoms with van der Waals surface area (Å²) in [5, 5.41) is 12.0. The fraction of sp³-hybridized carbons (Fsp3) is 0.538. The molecule has 0 aromatic carbocycles. The number of nitrogens with zero attached hydrogens (tertiary/aromatic N) is 2. The fourth-order valence-corrected chi connectivity index (χ4v) is 1.92. The van der Waals surface area contributed by atoms with E-state index in [0.29, 0.717) is 11.1 Å². The number of anilines is 1. The van der Waals surface area contributed by atoms with Crippen molar-refractivity contribution in [3.05, 3.63) is 24.0 Å². The molecule has 0 radical (unpaired) electrons. The molecule has 2 rings (SSSR count). The maximum atomic E-state index is 8.66. The minimum atomic E-state index is 0.298. The zero-order valence-corrected chi connectivity index (χ0v) is 10.1. The summed E-state index contributed by atoms with van der Waals surface area (Å²) in [6, 6.07) is 5.64. The van der Waals surface area contributed by atoms with Crippen molar-refractivity contribution >= 4 is 5.69 Å². The molecule has 4 heteroatoms. The summed E-state index contributed by atoms with van der Waals surface area (Å²) in [6.07, 6.45) is 3.88. The first-order valence-electron chi connectivity index (χ1n) is 5.90. The summed E-state index contributed by atoms with van der Waals surface area (Å²) in [5.41, 5.74) is 1.72. The minimum Gasteiger partial charge on any atom is -0.383 e. The number of hydrogen-bond donors (Lipinski definition) is 1. The lowest BCUT2D eigenvalue weighted by Gasteiger charge is -2.33. The topological polar surface area (TPSA) is 57.9 Å². The molecule has 1 saturated heterocycles. The molecule has 1 aliphatic heterocycles. The summed E-state index contributed by atoms with van der Waals surface area (Å²) in [7, 11) is 0. The largest absolute Gasteiger partial charge is 0.383 e. The number of ether oxygens (including phenoxy) is 1. The predicted molar refractivity (Wildman–Crippen MR) is 65.6 cm³/mol. The highest BCUT2D eigenvalue weighted by Gasteiger charge is 2.26. The highest BCUT2D eigenvalue weighted by Crippen LogP contribution is 2.29. The second-order valence-corrected chi connectivity index (χ2v) is 4.82. The number of hydrogen-bond acceptors (Lipinski definition) is 4. The van der Waals surface area contributed by atoms with Gasteiger partial charge in [0, 0.05) is 19.8 Å². The summed E-state index contributed by atoms with van der Waals surface area (Å²) >= 11 is 0. The summed E-state index contributed by atoms with van der Waals surface area (Å²) in [4.78, 5) is 4.04. The van der Waals surface area contributed by atoms with Crippen molar-refractivity contribution in [2.75, 3.05) is 25.1 Å². The van der Waals surface area contributed by atoms with E-state index in [1.807, 2.05) is 12.1 Å². The van der Waals surface area contributed by atoms with Crippen LogP contribution in [0.2, 0.25) is 0 Å². The van der Waals surface area contributed by atoms with E-state index in [4.69, 9.17) is 10.00 Å². The summed E-state index contributed by atoms with van der Waals surface area (Å²) < 4.78 is 5.37. The van der Waals surface area contributed by atoms with Crippen LogP contribution >= 0.6 is 0 Å². The number of pyridine rings is 1. The molecule has 1 aromatic heterocycles. The van der Waals surface area contributed by atoms with Crippen molar-refractivity contribution in [1.29, 1.82) is 5.26 Å². The zero-order valence-electron chi connectivity index (χ0n) is 10.1. The van der Waals surface area contributed by atoms with Crippen LogP contribution in [0.4, 0.5) is 5.69 Å². The molecular weight excluding hydrogens is 214 g/mol. The molecule has 0 bridgehead atoms. The predicted octanol–water partition coefficient (Wildman–Crippen LogP) is 2.18. The molecule has 0 aliphatic carbocycles. The Balaban J connectivity index is 1.90. The van der Waals surface area contributed by atoms with E-state index in [9.17, 15) is 0 Å². The van der Waals surface area contributed by atoms with Crippen LogP contribution < -0.4 is 5.32 Å². The first-order valence-corrected chi connectivity index (χ1v) is 5.90. The van der Waals surface area contributed by atoms with Crippen LogP contribution in [0.3, 0.4) is 0 Å². The molecule has 4 nitrogen and oxygen atoms in total. The van der Waals surface area contributed by atoms with E-state index in [0.717, 1.165) is 38.3 Å². The molecule has 0 spiro atoms. The van der Waals surface area contributed by atoms with Crippen LogP contribution in [0.5, 0.6) is 0 Å². The summed E-state index contributed by atoms with van der Waals surface area (Å²) in [5.74, 6) is 0. The van der Waals surface area contributed by atoms with E-state index in [2.05, 4.69) is 17.2 Å². The standard InChI is InChI=1S/C13H17N3O/c1-13(4-6-17-7-5-13)10-16-12-3-2-11(8-14)15-9-12/h2-3,9,16H,4-7,10H2,1H3. The number of rotatable bonds is 3. The van der Waals surface area contributed by atoms with Crippen molar-refractivity contribution in [3.63, 3.8) is 0 Å². The molecule has 1 aromatic rings. The van der Waals surface area contributed by atoms with Crippen molar-refractivity contribution < 1.29 is 4.74 Å². The molecule has 2 heterocycles. The van der Waals surface area contributed by atoms with Gasteiger partial charge in [0.25, 0.3) is 0 Å². The van der Waals surface area contributed by atoms with E-state index < -0.39 is 0 Å². The number of nitrogens with one attached hydrogen (secondary N) is 1.